The van der Waals surface area contributed by atoms with Crippen molar-refractivity contribution in [1.82, 2.24) is 0 Å². The predicted octanol–water partition coefficient (Wildman–Crippen LogP) is 7.82. The highest BCUT2D eigenvalue weighted by atomic mass is 28.4. The molecule has 0 aliphatic rings. The Morgan fingerprint density at radius 2 is 1.45 bits per heavy atom. The molecule has 1 rings (SSSR count). The fraction of sp³-hybridized carbons (Fsp3) is 0.704. The van der Waals surface area contributed by atoms with E-state index in [9.17, 15) is 0 Å². The molecule has 1 aromatic rings. The maximum atomic E-state index is 6.90. The Morgan fingerprint density at radius 1 is 0.909 bits per heavy atom. The third-order valence-electron chi connectivity index (χ3n) is 7.45. The topological polar surface area (TPSA) is 36.9 Å². The van der Waals surface area contributed by atoms with Gasteiger partial charge in [-0.2, -0.15) is 0 Å². The van der Waals surface area contributed by atoms with Crippen LogP contribution in [0, 0.1) is 5.92 Å². The molecule has 0 heterocycles. The predicted molar refractivity (Wildman–Crippen MR) is 146 cm³/mol. The van der Waals surface area contributed by atoms with Crippen LogP contribution >= 0.6 is 0 Å². The van der Waals surface area contributed by atoms with Crippen molar-refractivity contribution in [2.75, 3.05) is 20.3 Å². The van der Waals surface area contributed by atoms with Gasteiger partial charge in [0.2, 0.25) is 0 Å². The van der Waals surface area contributed by atoms with E-state index >= 15 is 0 Å². The fourth-order valence-corrected chi connectivity index (χ4v) is 5.32. The summed E-state index contributed by atoms with van der Waals surface area (Å²) >= 11 is 0. The molecule has 0 radical (unpaired) electrons. The normalized spacial score (nSPS) is 15.2. The molecule has 0 N–H and O–H groups in total. The number of methoxy groups -OCH3 is 1. The van der Waals surface area contributed by atoms with Gasteiger partial charge in [0.25, 0.3) is 0 Å². The van der Waals surface area contributed by atoms with Gasteiger partial charge in [-0.05, 0) is 60.4 Å². The van der Waals surface area contributed by atoms with Gasteiger partial charge in [0.05, 0.1) is 19.8 Å². The standard InChI is InChI=1S/C27H50O4Si2/c1-13-23(21-30-32(9,10)26(2,3)4)25(31-33(11,12)27(5,6)7)18-19-29-20-22-14-16-24(28-8)17-15-22/h13-17,23,25H,1,18-21H2,2-12H3/t23-,25-/m0/s1. The number of ether oxygens (including phenoxy) is 2. The number of rotatable bonds is 13. The molecule has 2 atom stereocenters. The van der Waals surface area contributed by atoms with E-state index in [1.165, 1.54) is 0 Å². The van der Waals surface area contributed by atoms with Gasteiger partial charge in [0.1, 0.15) is 5.75 Å². The molecule has 0 unspecified atom stereocenters. The smallest absolute Gasteiger partial charge is 0.192 e. The Kier molecular flexibility index (Phi) is 11.1. The van der Waals surface area contributed by atoms with E-state index in [0.717, 1.165) is 17.7 Å². The van der Waals surface area contributed by atoms with Crippen LogP contribution in [0.2, 0.25) is 36.3 Å². The number of hydrogen-bond acceptors (Lipinski definition) is 4. The van der Waals surface area contributed by atoms with Crippen molar-refractivity contribution >= 4 is 16.6 Å². The van der Waals surface area contributed by atoms with Gasteiger partial charge >= 0.3 is 0 Å². The molecule has 33 heavy (non-hydrogen) atoms. The fourth-order valence-electron chi connectivity index (χ4n) is 2.88. The summed E-state index contributed by atoms with van der Waals surface area (Å²) in [6.07, 6.45) is 2.87. The van der Waals surface area contributed by atoms with Crippen LogP contribution in [0.5, 0.6) is 5.75 Å². The lowest BCUT2D eigenvalue weighted by Crippen LogP contribution is -2.48. The lowest BCUT2D eigenvalue weighted by Gasteiger charge is -2.42. The minimum atomic E-state index is -1.95. The monoisotopic (exact) mass is 494 g/mol. The summed E-state index contributed by atoms with van der Waals surface area (Å²) in [4.78, 5) is 0. The minimum absolute atomic E-state index is 0.0315. The van der Waals surface area contributed by atoms with E-state index in [1.807, 2.05) is 30.3 Å². The van der Waals surface area contributed by atoms with Crippen LogP contribution in [0.25, 0.3) is 0 Å². The van der Waals surface area contributed by atoms with Crippen molar-refractivity contribution in [3.8, 4) is 5.75 Å². The highest BCUT2D eigenvalue weighted by molar-refractivity contribution is 6.74. The van der Waals surface area contributed by atoms with E-state index in [2.05, 4.69) is 74.3 Å². The number of hydrogen-bond donors (Lipinski definition) is 0. The van der Waals surface area contributed by atoms with Crippen molar-refractivity contribution in [3.05, 3.63) is 42.5 Å². The molecule has 0 bridgehead atoms. The Morgan fingerprint density at radius 3 is 1.91 bits per heavy atom. The summed E-state index contributed by atoms with van der Waals surface area (Å²) in [5, 5.41) is 0.317. The molecule has 1 aromatic carbocycles. The van der Waals surface area contributed by atoms with Crippen molar-refractivity contribution in [2.45, 2.75) is 96.9 Å². The summed E-state index contributed by atoms with van der Waals surface area (Å²) < 4.78 is 24.8. The second-order valence-corrected chi connectivity index (χ2v) is 21.6. The number of benzene rings is 1. The summed E-state index contributed by atoms with van der Waals surface area (Å²) in [6, 6.07) is 8.02. The van der Waals surface area contributed by atoms with Gasteiger partial charge in [0.15, 0.2) is 16.6 Å². The SMILES string of the molecule is C=C[C@@H](CO[Si](C)(C)C(C)(C)C)[C@H](CCOCc1ccc(OC)cc1)O[Si](C)(C)C(C)(C)C. The molecule has 0 aromatic heterocycles. The second kappa shape index (κ2) is 12.2. The second-order valence-electron chi connectivity index (χ2n) is 12.1. The van der Waals surface area contributed by atoms with E-state index in [0.29, 0.717) is 19.8 Å². The van der Waals surface area contributed by atoms with Gasteiger partial charge in [-0.3, -0.25) is 0 Å². The molecule has 0 amide bonds. The Labute approximate surface area is 206 Å². The molecular formula is C27H50O4Si2. The van der Waals surface area contributed by atoms with Crippen LogP contribution in [0.15, 0.2) is 36.9 Å². The van der Waals surface area contributed by atoms with Crippen molar-refractivity contribution in [3.63, 3.8) is 0 Å². The quantitative estimate of drug-likeness (QED) is 0.159. The first kappa shape index (κ1) is 30.1. The van der Waals surface area contributed by atoms with Crippen molar-refractivity contribution in [1.29, 1.82) is 0 Å². The maximum absolute atomic E-state index is 6.90. The molecule has 4 nitrogen and oxygen atoms in total. The lowest BCUT2D eigenvalue weighted by atomic mass is 10.0. The largest absolute Gasteiger partial charge is 0.497 e. The molecule has 0 saturated heterocycles. The van der Waals surface area contributed by atoms with Crippen LogP contribution in [-0.4, -0.2) is 43.1 Å². The Bertz CT molecular complexity index is 715. The highest BCUT2D eigenvalue weighted by Gasteiger charge is 2.42. The highest BCUT2D eigenvalue weighted by Crippen LogP contribution is 2.40. The lowest BCUT2D eigenvalue weighted by molar-refractivity contribution is 0.0484. The Balaban J connectivity index is 2.86. The average Bonchev–Trinajstić information content (AvgIpc) is 2.69. The van der Waals surface area contributed by atoms with Gasteiger partial charge in [0, 0.05) is 19.1 Å². The van der Waals surface area contributed by atoms with Gasteiger partial charge in [-0.15, -0.1) is 6.58 Å². The minimum Gasteiger partial charge on any atom is -0.497 e. The first-order valence-electron chi connectivity index (χ1n) is 12.2. The van der Waals surface area contributed by atoms with Crippen LogP contribution in [0.3, 0.4) is 0 Å². The van der Waals surface area contributed by atoms with Crippen LogP contribution < -0.4 is 4.74 Å². The summed E-state index contributed by atoms with van der Waals surface area (Å²) in [5.41, 5.74) is 1.14. The van der Waals surface area contributed by atoms with Gasteiger partial charge in [-0.25, -0.2) is 0 Å². The van der Waals surface area contributed by atoms with Gasteiger partial charge < -0.3 is 18.3 Å². The molecule has 0 aliphatic carbocycles. The zero-order valence-electron chi connectivity index (χ0n) is 23.2. The van der Waals surface area contributed by atoms with E-state index in [4.69, 9.17) is 18.3 Å². The molecule has 0 fully saturated rings. The molecule has 0 spiro atoms. The summed E-state index contributed by atoms with van der Waals surface area (Å²) in [5.74, 6) is 0.995. The molecule has 0 aliphatic heterocycles. The van der Waals surface area contributed by atoms with Crippen molar-refractivity contribution < 1.29 is 18.3 Å². The van der Waals surface area contributed by atoms with E-state index in [1.54, 1.807) is 7.11 Å². The first-order valence-corrected chi connectivity index (χ1v) is 18.0. The zero-order valence-corrected chi connectivity index (χ0v) is 25.2. The first-order chi connectivity index (χ1) is 15.0. The van der Waals surface area contributed by atoms with Gasteiger partial charge in [-0.1, -0.05) is 59.8 Å². The Hall–Kier alpha value is -0.926. The van der Waals surface area contributed by atoms with Crippen LogP contribution in [0.4, 0.5) is 0 Å². The van der Waals surface area contributed by atoms with Crippen LogP contribution in [0.1, 0.15) is 53.5 Å². The summed E-state index contributed by atoms with van der Waals surface area (Å²) in [6.45, 7) is 28.9. The van der Waals surface area contributed by atoms with E-state index in [-0.39, 0.29) is 22.1 Å². The molecule has 190 valence electrons. The van der Waals surface area contributed by atoms with Crippen LogP contribution in [-0.2, 0) is 20.2 Å². The molecule has 0 saturated carbocycles. The molecular weight excluding hydrogens is 444 g/mol. The third kappa shape index (κ3) is 9.32. The summed E-state index contributed by atoms with van der Waals surface area (Å²) in [7, 11) is -2.12. The third-order valence-corrected chi connectivity index (χ3v) is 16.5. The maximum Gasteiger partial charge on any atom is 0.192 e. The molecule has 6 heteroatoms. The van der Waals surface area contributed by atoms with E-state index < -0.39 is 16.6 Å². The average molecular weight is 495 g/mol. The van der Waals surface area contributed by atoms with Crippen molar-refractivity contribution in [2.24, 2.45) is 5.92 Å². The zero-order chi connectivity index (χ0) is 25.5.